The maximum Gasteiger partial charge on any atom is 0.342 e. The van der Waals surface area contributed by atoms with Crippen LogP contribution >= 0.6 is 0 Å². The van der Waals surface area contributed by atoms with Crippen molar-refractivity contribution >= 4 is 17.5 Å². The number of hydrogen-bond donors (Lipinski definition) is 1. The summed E-state index contributed by atoms with van der Waals surface area (Å²) in [5.41, 5.74) is 1.62. The van der Waals surface area contributed by atoms with Crippen molar-refractivity contribution < 1.29 is 28.3 Å². The summed E-state index contributed by atoms with van der Waals surface area (Å²) in [6.45, 7) is 2.29. The number of carbonyl (C=O) groups is 1. The predicted octanol–water partition coefficient (Wildman–Crippen LogP) is 4.65. The van der Waals surface area contributed by atoms with E-state index in [1.54, 1.807) is 43.6 Å². The van der Waals surface area contributed by atoms with Gasteiger partial charge in [0.2, 0.25) is 5.82 Å². The Hall–Kier alpha value is -4.60. The number of benzene rings is 2. The number of hydrogen-bond acceptors (Lipinski definition) is 10. The van der Waals surface area contributed by atoms with E-state index in [4.69, 9.17) is 23.5 Å². The molecule has 0 spiro atoms. The smallest absolute Gasteiger partial charge is 0.342 e. The van der Waals surface area contributed by atoms with Gasteiger partial charge in [0.15, 0.2) is 6.61 Å². The zero-order valence-corrected chi connectivity index (χ0v) is 19.5. The molecule has 0 saturated carbocycles. The highest BCUT2D eigenvalue weighted by Gasteiger charge is 2.18. The first kappa shape index (κ1) is 23.6. The Kier molecular flexibility index (Phi) is 7.41. The number of nitrogens with one attached hydrogen (secondary N) is 1. The number of aromatic nitrogens is 3. The van der Waals surface area contributed by atoms with Crippen molar-refractivity contribution in [1.82, 2.24) is 15.1 Å². The van der Waals surface area contributed by atoms with Gasteiger partial charge in [0.05, 0.1) is 26.4 Å². The number of esters is 1. The largest absolute Gasteiger partial charge is 0.497 e. The minimum atomic E-state index is -0.590. The number of nitrogens with zero attached hydrogens (tertiary/aromatic N) is 3. The average molecular weight is 476 g/mol. The van der Waals surface area contributed by atoms with Gasteiger partial charge in [-0.05, 0) is 55.5 Å². The molecule has 0 bridgehead atoms. The molecule has 0 aliphatic rings. The molecule has 2 aromatic heterocycles. The summed E-state index contributed by atoms with van der Waals surface area (Å²) >= 11 is 0. The molecule has 0 radical (unpaired) electrons. The highest BCUT2D eigenvalue weighted by Crippen LogP contribution is 2.31. The highest BCUT2D eigenvalue weighted by atomic mass is 16.6. The van der Waals surface area contributed by atoms with E-state index in [2.05, 4.69) is 20.4 Å². The van der Waals surface area contributed by atoms with Gasteiger partial charge in [-0.1, -0.05) is 5.16 Å². The Morgan fingerprint density at radius 1 is 1.03 bits per heavy atom. The van der Waals surface area contributed by atoms with Crippen LogP contribution in [0.1, 0.15) is 23.2 Å². The molecular weight excluding hydrogens is 452 g/mol. The first-order valence-corrected chi connectivity index (χ1v) is 10.8. The van der Waals surface area contributed by atoms with Crippen molar-refractivity contribution in [3.8, 4) is 28.6 Å². The van der Waals surface area contributed by atoms with Crippen LogP contribution in [0.2, 0.25) is 0 Å². The summed E-state index contributed by atoms with van der Waals surface area (Å²) in [7, 11) is 3.10. The summed E-state index contributed by atoms with van der Waals surface area (Å²) in [4.78, 5) is 21.3. The van der Waals surface area contributed by atoms with Crippen LogP contribution < -0.4 is 19.5 Å². The lowest BCUT2D eigenvalue weighted by molar-refractivity contribution is 0.0430. The third kappa shape index (κ3) is 5.67. The van der Waals surface area contributed by atoms with Gasteiger partial charge in [0, 0.05) is 18.0 Å². The number of rotatable bonds is 10. The molecule has 10 heteroatoms. The predicted molar refractivity (Wildman–Crippen MR) is 127 cm³/mol. The molecule has 180 valence electrons. The number of carbonyl (C=O) groups excluding carboxylic acids is 1. The number of methoxy groups -OCH3 is 2. The van der Waals surface area contributed by atoms with Crippen molar-refractivity contribution in [2.24, 2.45) is 0 Å². The van der Waals surface area contributed by atoms with E-state index in [1.807, 2.05) is 31.2 Å². The molecule has 10 nitrogen and oxygen atoms in total. The zero-order chi connectivity index (χ0) is 24.6. The van der Waals surface area contributed by atoms with Gasteiger partial charge in [-0.2, -0.15) is 4.98 Å². The van der Waals surface area contributed by atoms with Crippen LogP contribution in [0.25, 0.3) is 11.4 Å². The summed E-state index contributed by atoms with van der Waals surface area (Å²) in [5, 5.41) is 7.09. The first-order valence-electron chi connectivity index (χ1n) is 10.8. The van der Waals surface area contributed by atoms with Crippen LogP contribution in [0, 0.1) is 0 Å². The van der Waals surface area contributed by atoms with Gasteiger partial charge in [0.25, 0.3) is 5.89 Å². The van der Waals surface area contributed by atoms with Crippen LogP contribution in [0.15, 0.2) is 65.3 Å². The SMILES string of the molecule is CCOc1ccc(Nc2ncccc2C(=O)OCc2nc(-c3ccc(OC)cc3OC)no2)cc1. The lowest BCUT2D eigenvalue weighted by Crippen LogP contribution is -2.09. The maximum atomic E-state index is 12.8. The molecule has 4 rings (SSSR count). The fraction of sp³-hybridized carbons (Fsp3) is 0.200. The Labute approximate surface area is 201 Å². The second-order valence-electron chi connectivity index (χ2n) is 7.14. The van der Waals surface area contributed by atoms with E-state index < -0.39 is 5.97 Å². The average Bonchev–Trinajstić information content (AvgIpc) is 3.37. The van der Waals surface area contributed by atoms with Gasteiger partial charge in [-0.15, -0.1) is 0 Å². The third-order valence-corrected chi connectivity index (χ3v) is 4.90. The van der Waals surface area contributed by atoms with Crippen molar-refractivity contribution in [2.75, 3.05) is 26.1 Å². The fourth-order valence-electron chi connectivity index (χ4n) is 3.22. The lowest BCUT2D eigenvalue weighted by Gasteiger charge is -2.11. The molecule has 0 saturated heterocycles. The van der Waals surface area contributed by atoms with Gasteiger partial charge < -0.3 is 28.8 Å². The minimum absolute atomic E-state index is 0.135. The molecule has 0 amide bonds. The second-order valence-corrected chi connectivity index (χ2v) is 7.14. The van der Waals surface area contributed by atoms with E-state index in [0.717, 1.165) is 11.4 Å². The van der Waals surface area contributed by atoms with Gasteiger partial charge in [0.1, 0.15) is 28.6 Å². The second kappa shape index (κ2) is 11.0. The van der Waals surface area contributed by atoms with Crippen LogP contribution in [0.3, 0.4) is 0 Å². The third-order valence-electron chi connectivity index (χ3n) is 4.90. The molecule has 0 aliphatic heterocycles. The van der Waals surface area contributed by atoms with Gasteiger partial charge >= 0.3 is 5.97 Å². The van der Waals surface area contributed by atoms with E-state index >= 15 is 0 Å². The summed E-state index contributed by atoms with van der Waals surface area (Å²) in [6, 6.07) is 15.8. The fourth-order valence-corrected chi connectivity index (χ4v) is 3.22. The van der Waals surface area contributed by atoms with Crippen molar-refractivity contribution in [2.45, 2.75) is 13.5 Å². The number of anilines is 2. The number of pyridine rings is 1. The Morgan fingerprint density at radius 2 is 1.83 bits per heavy atom. The molecule has 0 atom stereocenters. The van der Waals surface area contributed by atoms with Crippen molar-refractivity contribution in [3.63, 3.8) is 0 Å². The molecule has 2 aromatic carbocycles. The normalized spacial score (nSPS) is 10.5. The monoisotopic (exact) mass is 476 g/mol. The van der Waals surface area contributed by atoms with E-state index in [0.29, 0.717) is 35.3 Å². The lowest BCUT2D eigenvalue weighted by atomic mass is 10.2. The maximum absolute atomic E-state index is 12.8. The standard InChI is InChI=1S/C25H24N4O6/c1-4-33-17-9-7-16(8-10-17)27-23-20(6-5-13-26-23)25(30)34-15-22-28-24(29-35-22)19-12-11-18(31-2)14-21(19)32-3/h5-14H,4,15H2,1-3H3,(H,26,27). The summed E-state index contributed by atoms with van der Waals surface area (Å²) in [5.74, 6) is 2.11. The van der Waals surface area contributed by atoms with Crippen molar-refractivity contribution in [3.05, 3.63) is 72.2 Å². The van der Waals surface area contributed by atoms with E-state index in [1.165, 1.54) is 7.11 Å². The van der Waals surface area contributed by atoms with Gasteiger partial charge in [-0.3, -0.25) is 0 Å². The molecular formula is C25H24N4O6. The summed E-state index contributed by atoms with van der Waals surface area (Å²) in [6.07, 6.45) is 1.58. The molecule has 2 heterocycles. The van der Waals surface area contributed by atoms with Crippen LogP contribution in [0.4, 0.5) is 11.5 Å². The van der Waals surface area contributed by atoms with Crippen molar-refractivity contribution in [1.29, 1.82) is 0 Å². The molecule has 0 unspecified atom stereocenters. The Morgan fingerprint density at radius 3 is 2.57 bits per heavy atom. The molecule has 0 fully saturated rings. The molecule has 35 heavy (non-hydrogen) atoms. The number of ether oxygens (including phenoxy) is 4. The van der Waals surface area contributed by atoms with Crippen LogP contribution in [-0.2, 0) is 11.3 Å². The topological polar surface area (TPSA) is 118 Å². The highest BCUT2D eigenvalue weighted by molar-refractivity contribution is 5.95. The Bertz CT molecular complexity index is 1290. The first-order chi connectivity index (χ1) is 17.1. The summed E-state index contributed by atoms with van der Waals surface area (Å²) < 4.78 is 26.7. The van der Waals surface area contributed by atoms with Gasteiger partial charge in [-0.25, -0.2) is 9.78 Å². The molecule has 1 N–H and O–H groups in total. The molecule has 0 aliphatic carbocycles. The minimum Gasteiger partial charge on any atom is -0.497 e. The van der Waals surface area contributed by atoms with E-state index in [-0.39, 0.29) is 18.1 Å². The Balaban J connectivity index is 1.43. The quantitative estimate of drug-likeness (QED) is 0.324. The molecule has 4 aromatic rings. The zero-order valence-electron chi connectivity index (χ0n) is 19.5. The van der Waals surface area contributed by atoms with Crippen LogP contribution in [0.5, 0.6) is 17.2 Å². The van der Waals surface area contributed by atoms with Crippen LogP contribution in [-0.4, -0.2) is 41.9 Å². The van der Waals surface area contributed by atoms with E-state index in [9.17, 15) is 4.79 Å².